The number of hydrogen-bond donors (Lipinski definition) is 0. The first-order valence-electron chi connectivity index (χ1n) is 5.62. The number of alkyl halides is 5. The van der Waals surface area contributed by atoms with Gasteiger partial charge in [0.1, 0.15) is 0 Å². The summed E-state index contributed by atoms with van der Waals surface area (Å²) in [7, 11) is 0. The summed E-state index contributed by atoms with van der Waals surface area (Å²) < 4.78 is 61.8. The van der Waals surface area contributed by atoms with Crippen LogP contribution in [0.3, 0.4) is 0 Å². The second kappa shape index (κ2) is 5.24. The first kappa shape index (κ1) is 14.9. The van der Waals surface area contributed by atoms with Crippen LogP contribution in [-0.4, -0.2) is 12.1 Å². The van der Waals surface area contributed by atoms with Gasteiger partial charge in [0, 0.05) is 6.42 Å². The number of hydrogen-bond acceptors (Lipinski definition) is 0. The van der Waals surface area contributed by atoms with Gasteiger partial charge in [0.25, 0.3) is 0 Å². The third-order valence-corrected chi connectivity index (χ3v) is 2.69. The molecule has 0 aliphatic rings. The Labute approximate surface area is 103 Å². The van der Waals surface area contributed by atoms with Crippen molar-refractivity contribution in [1.29, 1.82) is 0 Å². The highest BCUT2D eigenvalue weighted by atomic mass is 19.4. The Kier molecular flexibility index (Phi) is 4.35. The maximum atomic E-state index is 12.8. The van der Waals surface area contributed by atoms with Crippen LogP contribution in [0.4, 0.5) is 22.0 Å². The van der Waals surface area contributed by atoms with Crippen molar-refractivity contribution in [3.05, 3.63) is 35.4 Å². The lowest BCUT2D eigenvalue weighted by molar-refractivity contribution is -0.287. The summed E-state index contributed by atoms with van der Waals surface area (Å²) in [5, 5.41) is 0. The standard InChI is InChI=1S/C13H15F5/c1-9-4-3-5-11(6-9)7-10(2)8-12(14,15)13(16,17)18/h3-6,10H,7-8H2,1-2H3. The van der Waals surface area contributed by atoms with Gasteiger partial charge in [0.15, 0.2) is 0 Å². The fourth-order valence-corrected chi connectivity index (χ4v) is 1.87. The molecule has 0 aliphatic carbocycles. The lowest BCUT2D eigenvalue weighted by atomic mass is 9.94. The third-order valence-electron chi connectivity index (χ3n) is 2.69. The molecule has 0 fully saturated rings. The molecule has 0 radical (unpaired) electrons. The van der Waals surface area contributed by atoms with Gasteiger partial charge in [0.05, 0.1) is 0 Å². The second-order valence-corrected chi connectivity index (χ2v) is 4.70. The van der Waals surface area contributed by atoms with E-state index in [-0.39, 0.29) is 6.42 Å². The van der Waals surface area contributed by atoms with Crippen LogP contribution in [0.15, 0.2) is 24.3 Å². The first-order chi connectivity index (χ1) is 8.12. The van der Waals surface area contributed by atoms with Crippen LogP contribution in [0.25, 0.3) is 0 Å². The zero-order chi connectivity index (χ0) is 14.0. The molecule has 0 saturated heterocycles. The maximum Gasteiger partial charge on any atom is 0.453 e. The van der Waals surface area contributed by atoms with Gasteiger partial charge < -0.3 is 0 Å². The van der Waals surface area contributed by atoms with E-state index in [4.69, 9.17) is 0 Å². The molecule has 0 aliphatic heterocycles. The zero-order valence-electron chi connectivity index (χ0n) is 10.2. The van der Waals surface area contributed by atoms with Gasteiger partial charge in [-0.2, -0.15) is 22.0 Å². The SMILES string of the molecule is Cc1cccc(CC(C)CC(F)(F)C(F)(F)F)c1. The van der Waals surface area contributed by atoms with E-state index < -0.39 is 24.4 Å². The van der Waals surface area contributed by atoms with Crippen LogP contribution in [0.2, 0.25) is 0 Å². The van der Waals surface area contributed by atoms with Crippen LogP contribution in [-0.2, 0) is 6.42 Å². The van der Waals surface area contributed by atoms with Crippen molar-refractivity contribution in [3.8, 4) is 0 Å². The van der Waals surface area contributed by atoms with Crippen LogP contribution in [0.5, 0.6) is 0 Å². The van der Waals surface area contributed by atoms with E-state index in [2.05, 4.69) is 0 Å². The van der Waals surface area contributed by atoms with Gasteiger partial charge in [0.2, 0.25) is 0 Å². The van der Waals surface area contributed by atoms with Gasteiger partial charge in [-0.15, -0.1) is 0 Å². The van der Waals surface area contributed by atoms with Crippen molar-refractivity contribution >= 4 is 0 Å². The fourth-order valence-electron chi connectivity index (χ4n) is 1.87. The van der Waals surface area contributed by atoms with Crippen LogP contribution in [0.1, 0.15) is 24.5 Å². The average Bonchev–Trinajstić information content (AvgIpc) is 2.14. The Morgan fingerprint density at radius 2 is 1.72 bits per heavy atom. The Hall–Kier alpha value is -1.13. The quantitative estimate of drug-likeness (QED) is 0.689. The monoisotopic (exact) mass is 266 g/mol. The minimum Gasteiger partial charge on any atom is -0.196 e. The molecule has 0 bridgehead atoms. The van der Waals surface area contributed by atoms with Crippen molar-refractivity contribution in [3.63, 3.8) is 0 Å². The molecule has 1 rings (SSSR count). The van der Waals surface area contributed by atoms with Gasteiger partial charge >= 0.3 is 12.1 Å². The molecule has 102 valence electrons. The van der Waals surface area contributed by atoms with Crippen LogP contribution in [0, 0.1) is 12.8 Å². The highest BCUT2D eigenvalue weighted by molar-refractivity contribution is 5.22. The van der Waals surface area contributed by atoms with Crippen LogP contribution >= 0.6 is 0 Å². The predicted molar refractivity (Wildman–Crippen MR) is 59.7 cm³/mol. The van der Waals surface area contributed by atoms with Crippen molar-refractivity contribution in [2.45, 2.75) is 38.8 Å². The van der Waals surface area contributed by atoms with E-state index in [1.807, 2.05) is 13.0 Å². The second-order valence-electron chi connectivity index (χ2n) is 4.70. The lowest BCUT2D eigenvalue weighted by Crippen LogP contribution is -2.38. The van der Waals surface area contributed by atoms with Gasteiger partial charge in [-0.3, -0.25) is 0 Å². The van der Waals surface area contributed by atoms with Crippen molar-refractivity contribution in [2.24, 2.45) is 5.92 Å². The molecule has 0 heterocycles. The smallest absolute Gasteiger partial charge is 0.196 e. The Balaban J connectivity index is 2.65. The highest BCUT2D eigenvalue weighted by Crippen LogP contribution is 2.40. The molecule has 1 unspecified atom stereocenters. The number of rotatable bonds is 4. The molecule has 0 amide bonds. The van der Waals surface area contributed by atoms with E-state index in [0.717, 1.165) is 11.1 Å². The van der Waals surface area contributed by atoms with Gasteiger partial charge in [-0.25, -0.2) is 0 Å². The summed E-state index contributed by atoms with van der Waals surface area (Å²) in [5.74, 6) is -5.35. The van der Waals surface area contributed by atoms with Crippen LogP contribution < -0.4 is 0 Å². The molecule has 0 saturated carbocycles. The van der Waals surface area contributed by atoms with Crippen molar-refractivity contribution in [1.82, 2.24) is 0 Å². The molecule has 0 spiro atoms. The molecular formula is C13H15F5. The Bertz CT molecular complexity index is 395. The summed E-state index contributed by atoms with van der Waals surface area (Å²) in [4.78, 5) is 0. The molecular weight excluding hydrogens is 251 g/mol. The number of aryl methyl sites for hydroxylation is 1. The van der Waals surface area contributed by atoms with E-state index in [9.17, 15) is 22.0 Å². The minimum absolute atomic E-state index is 0.216. The van der Waals surface area contributed by atoms with E-state index in [1.165, 1.54) is 6.92 Å². The summed E-state index contributed by atoms with van der Waals surface area (Å²) in [6.45, 7) is 3.25. The number of halogens is 5. The van der Waals surface area contributed by atoms with Crippen molar-refractivity contribution in [2.75, 3.05) is 0 Å². The summed E-state index contributed by atoms with van der Waals surface area (Å²) in [5.41, 5.74) is 1.74. The molecule has 1 aromatic rings. The summed E-state index contributed by atoms with van der Waals surface area (Å²) in [6, 6.07) is 7.13. The summed E-state index contributed by atoms with van der Waals surface area (Å²) in [6.07, 6.45) is -6.42. The zero-order valence-corrected chi connectivity index (χ0v) is 10.2. The molecule has 0 aromatic heterocycles. The maximum absolute atomic E-state index is 12.8. The first-order valence-corrected chi connectivity index (χ1v) is 5.62. The Morgan fingerprint density at radius 1 is 1.11 bits per heavy atom. The molecule has 18 heavy (non-hydrogen) atoms. The van der Waals surface area contributed by atoms with E-state index in [0.29, 0.717) is 0 Å². The lowest BCUT2D eigenvalue weighted by Gasteiger charge is -2.23. The molecule has 1 aromatic carbocycles. The third kappa shape index (κ3) is 3.96. The van der Waals surface area contributed by atoms with E-state index >= 15 is 0 Å². The van der Waals surface area contributed by atoms with Crippen molar-refractivity contribution < 1.29 is 22.0 Å². The largest absolute Gasteiger partial charge is 0.453 e. The highest BCUT2D eigenvalue weighted by Gasteiger charge is 2.57. The molecule has 5 heteroatoms. The summed E-state index contributed by atoms with van der Waals surface area (Å²) >= 11 is 0. The fraction of sp³-hybridized carbons (Fsp3) is 0.538. The average molecular weight is 266 g/mol. The molecule has 1 atom stereocenters. The molecule has 0 nitrogen and oxygen atoms in total. The van der Waals surface area contributed by atoms with E-state index in [1.54, 1.807) is 18.2 Å². The van der Waals surface area contributed by atoms with Gasteiger partial charge in [-0.05, 0) is 24.8 Å². The molecule has 0 N–H and O–H groups in total. The normalized spacial score (nSPS) is 14.6. The Morgan fingerprint density at radius 3 is 2.22 bits per heavy atom. The topological polar surface area (TPSA) is 0 Å². The predicted octanol–water partition coefficient (Wildman–Crippen LogP) is 4.76. The number of benzene rings is 1. The minimum atomic E-state index is -5.46. The van der Waals surface area contributed by atoms with Gasteiger partial charge in [-0.1, -0.05) is 36.8 Å².